The number of carbonyl (C=O) groups is 2. The number of anilines is 1. The molecule has 0 aliphatic heterocycles. The van der Waals surface area contributed by atoms with Crippen LogP contribution in [0.2, 0.25) is 0 Å². The van der Waals surface area contributed by atoms with E-state index < -0.39 is 11.8 Å². The highest BCUT2D eigenvalue weighted by Gasteiger charge is 2.21. The number of aryl methyl sites for hydroxylation is 1. The molecule has 2 rings (SSSR count). The van der Waals surface area contributed by atoms with Gasteiger partial charge in [0, 0.05) is 25.5 Å². The zero-order valence-corrected chi connectivity index (χ0v) is 14.9. The second-order valence-electron chi connectivity index (χ2n) is 5.89. The molecule has 0 spiro atoms. The maximum atomic E-state index is 12.1. The third kappa shape index (κ3) is 4.60. The number of carbonyl (C=O) groups excluding carboxylic acids is 2. The van der Waals surface area contributed by atoms with Gasteiger partial charge in [0.25, 0.3) is 0 Å². The molecule has 0 aliphatic carbocycles. The first-order chi connectivity index (χ1) is 11.9. The van der Waals surface area contributed by atoms with Crippen LogP contribution in [0.15, 0.2) is 42.6 Å². The Hall–Kier alpha value is -2.80. The summed E-state index contributed by atoms with van der Waals surface area (Å²) in [7, 11) is 7.31. The molecule has 25 heavy (non-hydrogen) atoms. The van der Waals surface area contributed by atoms with Crippen molar-refractivity contribution in [1.82, 2.24) is 14.8 Å². The van der Waals surface area contributed by atoms with Crippen LogP contribution in [0.4, 0.5) is 5.69 Å². The molecule has 2 aromatic rings. The molecule has 0 radical (unpaired) electrons. The van der Waals surface area contributed by atoms with Crippen molar-refractivity contribution in [3.63, 3.8) is 0 Å². The van der Waals surface area contributed by atoms with Crippen LogP contribution in [0.25, 0.3) is 0 Å². The van der Waals surface area contributed by atoms with Gasteiger partial charge in [0.1, 0.15) is 5.75 Å². The second-order valence-corrected chi connectivity index (χ2v) is 5.89. The number of para-hydroxylation sites is 2. The largest absolute Gasteiger partial charge is 0.495 e. The number of hydrogen-bond acceptors (Lipinski definition) is 4. The molecule has 2 N–H and O–H groups in total. The lowest BCUT2D eigenvalue weighted by Crippen LogP contribution is -2.40. The highest BCUT2D eigenvalue weighted by Crippen LogP contribution is 2.22. The summed E-state index contributed by atoms with van der Waals surface area (Å²) in [6.45, 7) is 0.322. The number of rotatable bonds is 6. The average Bonchev–Trinajstić information content (AvgIpc) is 3.01. The van der Waals surface area contributed by atoms with Crippen LogP contribution < -0.4 is 15.4 Å². The summed E-state index contributed by atoms with van der Waals surface area (Å²) in [6, 6.07) is 10.8. The van der Waals surface area contributed by atoms with Crippen LogP contribution in [-0.4, -0.2) is 49.0 Å². The minimum atomic E-state index is -0.728. The van der Waals surface area contributed by atoms with Crippen molar-refractivity contribution < 1.29 is 14.3 Å². The van der Waals surface area contributed by atoms with E-state index in [0.717, 1.165) is 5.69 Å². The Bertz CT molecular complexity index is 739. The Balaban J connectivity index is 1.98. The lowest BCUT2D eigenvalue weighted by atomic mass is 10.2. The number of hydrogen-bond donors (Lipinski definition) is 2. The molecule has 1 atom stereocenters. The van der Waals surface area contributed by atoms with Gasteiger partial charge in [0.2, 0.25) is 0 Å². The lowest BCUT2D eigenvalue weighted by Gasteiger charge is -2.25. The number of aromatic nitrogens is 1. The summed E-state index contributed by atoms with van der Waals surface area (Å²) >= 11 is 0. The normalized spacial score (nSPS) is 11.9. The van der Waals surface area contributed by atoms with Gasteiger partial charge in [-0.1, -0.05) is 12.1 Å². The Morgan fingerprint density at radius 2 is 1.88 bits per heavy atom. The summed E-state index contributed by atoms with van der Waals surface area (Å²) in [5, 5.41) is 5.26. The Morgan fingerprint density at radius 1 is 1.16 bits per heavy atom. The number of nitrogens with zero attached hydrogens (tertiary/aromatic N) is 2. The molecule has 7 nitrogen and oxygen atoms in total. The summed E-state index contributed by atoms with van der Waals surface area (Å²) in [6.07, 6.45) is 1.95. The molecule has 134 valence electrons. The van der Waals surface area contributed by atoms with E-state index in [1.807, 2.05) is 48.9 Å². The number of nitrogens with one attached hydrogen (secondary N) is 2. The third-order valence-corrected chi connectivity index (χ3v) is 3.97. The number of benzene rings is 1. The van der Waals surface area contributed by atoms with Crippen molar-refractivity contribution >= 4 is 17.5 Å². The van der Waals surface area contributed by atoms with Crippen LogP contribution in [0, 0.1) is 0 Å². The van der Waals surface area contributed by atoms with Crippen molar-refractivity contribution in [2.45, 2.75) is 6.04 Å². The fourth-order valence-corrected chi connectivity index (χ4v) is 2.57. The quantitative estimate of drug-likeness (QED) is 0.777. The van der Waals surface area contributed by atoms with Gasteiger partial charge in [-0.3, -0.25) is 14.5 Å². The van der Waals surface area contributed by atoms with E-state index in [1.165, 1.54) is 7.11 Å². The van der Waals surface area contributed by atoms with Crippen LogP contribution in [-0.2, 0) is 16.6 Å². The standard InChI is InChI=1S/C18H24N4O3/c1-21(2)15(14-9-7-11-22(14)3)12-19-17(23)18(24)20-13-8-5-6-10-16(13)25-4/h5-11,15H,12H2,1-4H3,(H,19,23)(H,20,24). The van der Waals surface area contributed by atoms with Crippen molar-refractivity contribution in [3.05, 3.63) is 48.3 Å². The molecule has 7 heteroatoms. The van der Waals surface area contributed by atoms with Gasteiger partial charge in [-0.25, -0.2) is 0 Å². The number of amides is 2. The topological polar surface area (TPSA) is 75.6 Å². The number of methoxy groups -OCH3 is 1. The predicted molar refractivity (Wildman–Crippen MR) is 96.5 cm³/mol. The van der Waals surface area contributed by atoms with E-state index in [1.54, 1.807) is 24.3 Å². The van der Waals surface area contributed by atoms with Crippen LogP contribution >= 0.6 is 0 Å². The van der Waals surface area contributed by atoms with Gasteiger partial charge in [-0.2, -0.15) is 0 Å². The van der Waals surface area contributed by atoms with Crippen molar-refractivity contribution in [1.29, 1.82) is 0 Å². The first kappa shape index (κ1) is 18.5. The maximum absolute atomic E-state index is 12.1. The van der Waals surface area contributed by atoms with E-state index in [4.69, 9.17) is 4.74 Å². The molecule has 2 amide bonds. The SMILES string of the molecule is COc1ccccc1NC(=O)C(=O)NCC(c1cccn1C)N(C)C. The highest BCUT2D eigenvalue weighted by molar-refractivity contribution is 6.39. The summed E-state index contributed by atoms with van der Waals surface area (Å²) in [4.78, 5) is 26.3. The molecule has 0 saturated heterocycles. The molecule has 1 aromatic heterocycles. The van der Waals surface area contributed by atoms with Gasteiger partial charge in [-0.05, 0) is 38.4 Å². The second kappa shape index (κ2) is 8.34. The predicted octanol–water partition coefficient (Wildman–Crippen LogP) is 1.39. The fourth-order valence-electron chi connectivity index (χ4n) is 2.57. The molecular weight excluding hydrogens is 320 g/mol. The summed E-state index contributed by atoms with van der Waals surface area (Å²) < 4.78 is 7.15. The summed E-state index contributed by atoms with van der Waals surface area (Å²) in [5.41, 5.74) is 1.51. The van der Waals surface area contributed by atoms with E-state index in [-0.39, 0.29) is 6.04 Å². The van der Waals surface area contributed by atoms with E-state index in [0.29, 0.717) is 18.0 Å². The number of ether oxygens (including phenoxy) is 1. The zero-order valence-electron chi connectivity index (χ0n) is 14.9. The van der Waals surface area contributed by atoms with Crippen LogP contribution in [0.1, 0.15) is 11.7 Å². The first-order valence-corrected chi connectivity index (χ1v) is 7.94. The third-order valence-electron chi connectivity index (χ3n) is 3.97. The van der Waals surface area contributed by atoms with E-state index >= 15 is 0 Å². The minimum absolute atomic E-state index is 0.0389. The van der Waals surface area contributed by atoms with Gasteiger partial charge >= 0.3 is 11.8 Å². The lowest BCUT2D eigenvalue weighted by molar-refractivity contribution is -0.136. The van der Waals surface area contributed by atoms with Crippen molar-refractivity contribution in [2.75, 3.05) is 33.1 Å². The van der Waals surface area contributed by atoms with E-state index in [2.05, 4.69) is 10.6 Å². The molecule has 0 fully saturated rings. The molecule has 0 saturated carbocycles. The zero-order chi connectivity index (χ0) is 18.4. The molecule has 0 aliphatic rings. The van der Waals surface area contributed by atoms with Crippen LogP contribution in [0.3, 0.4) is 0 Å². The van der Waals surface area contributed by atoms with Crippen LogP contribution in [0.5, 0.6) is 5.75 Å². The Kier molecular flexibility index (Phi) is 6.19. The van der Waals surface area contributed by atoms with Gasteiger partial charge < -0.3 is 19.9 Å². The molecule has 1 heterocycles. The fraction of sp³-hybridized carbons (Fsp3) is 0.333. The summed E-state index contributed by atoms with van der Waals surface area (Å²) in [5.74, 6) is -0.917. The minimum Gasteiger partial charge on any atom is -0.495 e. The van der Waals surface area contributed by atoms with Gasteiger partial charge in [0.05, 0.1) is 18.8 Å². The first-order valence-electron chi connectivity index (χ1n) is 7.94. The van der Waals surface area contributed by atoms with Crippen molar-refractivity contribution in [3.8, 4) is 5.75 Å². The maximum Gasteiger partial charge on any atom is 0.313 e. The van der Waals surface area contributed by atoms with Crippen molar-refractivity contribution in [2.24, 2.45) is 7.05 Å². The highest BCUT2D eigenvalue weighted by atomic mass is 16.5. The average molecular weight is 344 g/mol. The molecule has 1 unspecified atom stereocenters. The monoisotopic (exact) mass is 344 g/mol. The molecule has 0 bridgehead atoms. The van der Waals surface area contributed by atoms with E-state index in [9.17, 15) is 9.59 Å². The van der Waals surface area contributed by atoms with Gasteiger partial charge in [0.15, 0.2) is 0 Å². The smallest absolute Gasteiger partial charge is 0.313 e. The molecular formula is C18H24N4O3. The molecule has 1 aromatic carbocycles. The Morgan fingerprint density at radius 3 is 2.48 bits per heavy atom. The Labute approximate surface area is 147 Å². The number of likely N-dealkylation sites (N-methyl/N-ethyl adjacent to an activating group) is 1. The van der Waals surface area contributed by atoms with Gasteiger partial charge in [-0.15, -0.1) is 0 Å².